The van der Waals surface area contributed by atoms with Gasteiger partial charge in [-0.1, -0.05) is 12.1 Å². The quantitative estimate of drug-likeness (QED) is 0.226. The van der Waals surface area contributed by atoms with Crippen LogP contribution in [0.1, 0.15) is 0 Å². The topological polar surface area (TPSA) is 105 Å². The molecule has 4 aromatic rings. The van der Waals surface area contributed by atoms with Gasteiger partial charge in [0, 0.05) is 83.3 Å². The fourth-order valence-corrected chi connectivity index (χ4v) is 4.76. The Kier molecular flexibility index (Phi) is 8.73. The summed E-state index contributed by atoms with van der Waals surface area (Å²) in [5, 5.41) is 9.18. The van der Waals surface area contributed by atoms with Gasteiger partial charge < -0.3 is 25.2 Å². The Morgan fingerprint density at radius 1 is 1.05 bits per heavy atom. The number of ether oxygens (including phenoxy) is 1. The third-order valence-corrected chi connectivity index (χ3v) is 7.31. The zero-order chi connectivity index (χ0) is 28.1. The molecule has 5 rings (SSSR count). The van der Waals surface area contributed by atoms with Crippen molar-refractivity contribution in [3.8, 4) is 22.7 Å². The lowest BCUT2D eigenvalue weighted by Crippen LogP contribution is -2.44. The van der Waals surface area contributed by atoms with E-state index in [1.807, 2.05) is 33.3 Å². The molecule has 0 saturated carbocycles. The molecule has 0 unspecified atom stereocenters. The number of hydrogen-bond acceptors (Lipinski definition) is 9. The van der Waals surface area contributed by atoms with Crippen molar-refractivity contribution < 1.29 is 9.53 Å². The van der Waals surface area contributed by atoms with E-state index in [1.165, 1.54) is 19.2 Å². The number of hydrogen-bond donors (Lipinski definition) is 2. The molecule has 1 saturated heterocycles. The van der Waals surface area contributed by atoms with Crippen LogP contribution >= 0.6 is 30.1 Å². The molecule has 2 aromatic heterocycles. The highest BCUT2D eigenvalue weighted by Gasteiger charge is 2.16. The molecule has 0 spiro atoms. The molecule has 2 aromatic carbocycles. The number of halogens is 1. The molecule has 1 amide bonds. The molecule has 1 aliphatic rings. The van der Waals surface area contributed by atoms with Gasteiger partial charge in [-0.2, -0.15) is 4.98 Å². The predicted molar refractivity (Wildman–Crippen MR) is 169 cm³/mol. The van der Waals surface area contributed by atoms with Crippen LogP contribution in [-0.4, -0.2) is 58.6 Å². The van der Waals surface area contributed by atoms with E-state index < -0.39 is 5.91 Å². The number of benzene rings is 2. The van der Waals surface area contributed by atoms with E-state index in [2.05, 4.69) is 60.8 Å². The molecular weight excluding hydrogens is 641 g/mol. The number of para-hydroxylation sites is 2. The van der Waals surface area contributed by atoms with Crippen molar-refractivity contribution in [2.75, 3.05) is 48.8 Å². The Bertz CT molecular complexity index is 1660. The Morgan fingerprint density at radius 2 is 1.80 bits per heavy atom. The molecule has 0 aliphatic carbocycles. The summed E-state index contributed by atoms with van der Waals surface area (Å²) in [5.41, 5.74) is 2.51. The highest BCUT2D eigenvalue weighted by molar-refractivity contribution is 14.2. The molecule has 0 bridgehead atoms. The van der Waals surface area contributed by atoms with E-state index in [-0.39, 0.29) is 11.3 Å². The van der Waals surface area contributed by atoms with Gasteiger partial charge >= 0.3 is 5.91 Å². The molecule has 0 atom stereocenters. The number of aromatic nitrogens is 3. The Hall–Kier alpha value is -3.80. The number of anilines is 4. The minimum Gasteiger partial charge on any atom is -0.449 e. The van der Waals surface area contributed by atoms with Crippen LogP contribution in [0.3, 0.4) is 0 Å². The van der Waals surface area contributed by atoms with Crippen LogP contribution < -0.4 is 25.8 Å². The number of likely N-dealkylation sites (N-methyl/N-ethyl adjacent to an activating group) is 1. The van der Waals surface area contributed by atoms with Gasteiger partial charge in [-0.3, -0.25) is 14.2 Å². The number of aryl methyl sites for hydroxylation is 1. The Balaban J connectivity index is 1.34. The zero-order valence-electron chi connectivity index (χ0n) is 21.8. The van der Waals surface area contributed by atoms with E-state index in [0.717, 1.165) is 31.9 Å². The van der Waals surface area contributed by atoms with Crippen LogP contribution in [0.5, 0.6) is 11.5 Å². The summed E-state index contributed by atoms with van der Waals surface area (Å²) in [4.78, 5) is 39.0. The lowest BCUT2D eigenvalue weighted by Gasteiger charge is -2.34. The number of carbonyl (C=O) groups excluding carboxylic acids is 1. The van der Waals surface area contributed by atoms with Gasteiger partial charge in [-0.15, -0.1) is 0 Å². The van der Waals surface area contributed by atoms with Crippen LogP contribution in [0.25, 0.3) is 11.0 Å². The van der Waals surface area contributed by atoms with Gasteiger partial charge in [-0.25, -0.2) is 4.98 Å². The van der Waals surface area contributed by atoms with Gasteiger partial charge in [0.15, 0.2) is 11.5 Å². The summed E-state index contributed by atoms with van der Waals surface area (Å²) in [7, 11) is 4.98. The van der Waals surface area contributed by atoms with E-state index in [4.69, 9.17) is 4.74 Å². The van der Waals surface area contributed by atoms with Crippen molar-refractivity contribution in [2.45, 2.75) is 0 Å². The molecule has 3 heterocycles. The van der Waals surface area contributed by atoms with Gasteiger partial charge in [-0.05, 0) is 63.7 Å². The third-order valence-electron chi connectivity index (χ3n) is 6.47. The standard InChI is InChI=1S/C28H26IN7O3S/c1-34-12-14-36(15-13-34)21-9-7-20(8-10-21)31-28-30-18-19-17-24(27(38)35(2)26(19)33-28)39-23-6-4-3-5-22(23)32-25(37)11-16-40-29/h3-10,17-18H,12-15H2,1-2H3,(H,32,37)(H,30,31,33). The second kappa shape index (κ2) is 12.6. The van der Waals surface area contributed by atoms with E-state index in [1.54, 1.807) is 43.6 Å². The molecule has 10 nitrogen and oxygen atoms in total. The lowest BCUT2D eigenvalue weighted by atomic mass is 10.2. The second-order valence-electron chi connectivity index (χ2n) is 9.16. The summed E-state index contributed by atoms with van der Waals surface area (Å²) < 4.78 is 7.36. The number of pyridine rings is 1. The Labute approximate surface area is 247 Å². The summed E-state index contributed by atoms with van der Waals surface area (Å²) in [6.07, 6.45) is 1.64. The van der Waals surface area contributed by atoms with E-state index in [9.17, 15) is 9.59 Å². The number of rotatable bonds is 6. The van der Waals surface area contributed by atoms with Crippen LogP contribution in [0.15, 0.2) is 65.6 Å². The van der Waals surface area contributed by atoms with E-state index in [0.29, 0.717) is 28.4 Å². The number of fused-ring (bicyclic) bond motifs is 1. The first-order valence-corrected chi connectivity index (χ1v) is 15.8. The SMILES string of the molecule is CN1CCN(c2ccc(Nc3ncc4cc(Oc5ccccc5NC(=O)C#CSI)c(=O)n(C)c4n3)cc2)CC1. The van der Waals surface area contributed by atoms with Crippen molar-refractivity contribution in [3.63, 3.8) is 0 Å². The van der Waals surface area contributed by atoms with Crippen molar-refractivity contribution >= 4 is 70.1 Å². The maximum Gasteiger partial charge on any atom is 0.301 e. The van der Waals surface area contributed by atoms with Crippen LogP contribution in [0.4, 0.5) is 23.0 Å². The normalized spacial score (nSPS) is 13.4. The maximum absolute atomic E-state index is 13.2. The maximum atomic E-state index is 13.2. The molecular formula is C28H26IN7O3S. The number of piperazine rings is 1. The molecule has 1 aliphatic heterocycles. The fourth-order valence-electron chi connectivity index (χ4n) is 4.30. The average Bonchev–Trinajstić information content (AvgIpc) is 2.97. The highest BCUT2D eigenvalue weighted by Crippen LogP contribution is 2.29. The monoisotopic (exact) mass is 667 g/mol. The molecule has 40 heavy (non-hydrogen) atoms. The summed E-state index contributed by atoms with van der Waals surface area (Å²) in [5.74, 6) is 2.76. The molecule has 1 fully saturated rings. The first kappa shape index (κ1) is 27.8. The highest BCUT2D eigenvalue weighted by atomic mass is 127. The minimum absolute atomic E-state index is 0.0782. The number of carbonyl (C=O) groups is 1. The van der Waals surface area contributed by atoms with Gasteiger partial charge in [0.2, 0.25) is 5.95 Å². The third kappa shape index (κ3) is 6.49. The van der Waals surface area contributed by atoms with E-state index >= 15 is 0 Å². The largest absolute Gasteiger partial charge is 0.449 e. The summed E-state index contributed by atoms with van der Waals surface area (Å²) in [6.45, 7) is 4.10. The number of nitrogens with zero attached hydrogens (tertiary/aromatic N) is 5. The summed E-state index contributed by atoms with van der Waals surface area (Å²) in [6, 6.07) is 16.6. The van der Waals surface area contributed by atoms with Crippen LogP contribution in [0.2, 0.25) is 0 Å². The first-order chi connectivity index (χ1) is 19.4. The van der Waals surface area contributed by atoms with Crippen LogP contribution in [-0.2, 0) is 11.8 Å². The van der Waals surface area contributed by atoms with Gasteiger partial charge in [0.25, 0.3) is 5.56 Å². The lowest BCUT2D eigenvalue weighted by molar-refractivity contribution is -0.111. The van der Waals surface area contributed by atoms with Crippen molar-refractivity contribution in [1.82, 2.24) is 19.4 Å². The molecule has 0 radical (unpaired) electrons. The first-order valence-electron chi connectivity index (χ1n) is 12.4. The Morgan fingerprint density at radius 3 is 2.55 bits per heavy atom. The van der Waals surface area contributed by atoms with Crippen molar-refractivity contribution in [3.05, 3.63) is 71.1 Å². The predicted octanol–water partition coefficient (Wildman–Crippen LogP) is 4.60. The number of nitrogens with one attached hydrogen (secondary N) is 2. The minimum atomic E-state index is -0.478. The molecule has 204 valence electrons. The van der Waals surface area contributed by atoms with Crippen molar-refractivity contribution in [1.29, 1.82) is 0 Å². The molecule has 2 N–H and O–H groups in total. The summed E-state index contributed by atoms with van der Waals surface area (Å²) >= 11 is 1.99. The average molecular weight is 668 g/mol. The van der Waals surface area contributed by atoms with Crippen molar-refractivity contribution in [2.24, 2.45) is 7.05 Å². The second-order valence-corrected chi connectivity index (χ2v) is 10.8. The zero-order valence-corrected chi connectivity index (χ0v) is 24.8. The fraction of sp³-hybridized carbons (Fsp3) is 0.214. The van der Waals surface area contributed by atoms with Gasteiger partial charge in [0.05, 0.1) is 5.69 Å². The number of amides is 1. The van der Waals surface area contributed by atoms with Gasteiger partial charge in [0.1, 0.15) is 5.65 Å². The van der Waals surface area contributed by atoms with Crippen LogP contribution in [0, 0.1) is 11.2 Å². The molecule has 12 heteroatoms. The smallest absolute Gasteiger partial charge is 0.301 e.